The number of nitrogens with two attached hydrogens (primary N) is 1. The van der Waals surface area contributed by atoms with Crippen LogP contribution in [0.1, 0.15) is 35.6 Å². The van der Waals surface area contributed by atoms with Gasteiger partial charge in [-0.25, -0.2) is 9.97 Å². The van der Waals surface area contributed by atoms with Crippen molar-refractivity contribution >= 4 is 29.1 Å². The summed E-state index contributed by atoms with van der Waals surface area (Å²) in [5.74, 6) is 0.201. The number of amides is 2. The molecule has 0 saturated carbocycles. The molecule has 156 valence electrons. The molecule has 0 aliphatic carbocycles. The van der Waals surface area contributed by atoms with Crippen molar-refractivity contribution in [2.45, 2.75) is 33.2 Å². The predicted molar refractivity (Wildman–Crippen MR) is 114 cm³/mol. The quantitative estimate of drug-likeness (QED) is 0.407. The number of hydrogen-bond donors (Lipinski definition) is 5. The average molecular weight is 399 g/mol. The predicted octanol–water partition coefficient (Wildman–Crippen LogP) is 1.33. The van der Waals surface area contributed by atoms with Gasteiger partial charge in [-0.2, -0.15) is 0 Å². The van der Waals surface area contributed by atoms with E-state index in [9.17, 15) is 9.59 Å². The Kier molecular flexibility index (Phi) is 7.90. The van der Waals surface area contributed by atoms with Crippen molar-refractivity contribution < 1.29 is 9.59 Å². The summed E-state index contributed by atoms with van der Waals surface area (Å²) < 4.78 is 0. The second-order valence-electron chi connectivity index (χ2n) is 6.63. The monoisotopic (exact) mass is 399 g/mol. The van der Waals surface area contributed by atoms with Gasteiger partial charge in [-0.15, -0.1) is 0 Å². The topological polar surface area (TPSA) is 134 Å². The van der Waals surface area contributed by atoms with Gasteiger partial charge >= 0.3 is 0 Å². The molecular weight excluding hydrogens is 370 g/mol. The highest BCUT2D eigenvalue weighted by atomic mass is 16.2. The van der Waals surface area contributed by atoms with Crippen LogP contribution in [0, 0.1) is 6.92 Å². The zero-order valence-electron chi connectivity index (χ0n) is 17.3. The summed E-state index contributed by atoms with van der Waals surface area (Å²) in [5.41, 5.74) is 7.94. The van der Waals surface area contributed by atoms with Crippen molar-refractivity contribution in [2.24, 2.45) is 5.73 Å². The van der Waals surface area contributed by atoms with Crippen LogP contribution in [0.4, 0.5) is 17.3 Å². The molecule has 0 radical (unpaired) electrons. The summed E-state index contributed by atoms with van der Waals surface area (Å²) in [6.07, 6.45) is 0.669. The van der Waals surface area contributed by atoms with Crippen LogP contribution in [0.2, 0.25) is 0 Å². The molecule has 9 nitrogen and oxygen atoms in total. The molecule has 1 heterocycles. The average Bonchev–Trinajstić information content (AvgIpc) is 2.69. The summed E-state index contributed by atoms with van der Waals surface area (Å²) in [5, 5.41) is 12.0. The van der Waals surface area contributed by atoms with E-state index in [0.717, 1.165) is 11.3 Å². The molecule has 1 atom stereocenters. The third kappa shape index (κ3) is 6.15. The fraction of sp³-hybridized carbons (Fsp3) is 0.400. The Morgan fingerprint density at radius 1 is 1.21 bits per heavy atom. The summed E-state index contributed by atoms with van der Waals surface area (Å²) >= 11 is 0. The maximum atomic E-state index is 11.8. The van der Waals surface area contributed by atoms with Gasteiger partial charge in [0, 0.05) is 18.8 Å². The second-order valence-corrected chi connectivity index (χ2v) is 6.63. The van der Waals surface area contributed by atoms with Crippen LogP contribution >= 0.6 is 0 Å². The molecule has 0 aliphatic rings. The third-order valence-electron chi connectivity index (χ3n) is 4.38. The second kappa shape index (κ2) is 10.4. The van der Waals surface area contributed by atoms with Gasteiger partial charge in [-0.05, 0) is 51.9 Å². The Morgan fingerprint density at radius 2 is 1.97 bits per heavy atom. The molecule has 6 N–H and O–H groups in total. The van der Waals surface area contributed by atoms with E-state index in [0.29, 0.717) is 36.8 Å². The van der Waals surface area contributed by atoms with E-state index in [4.69, 9.17) is 5.73 Å². The highest BCUT2D eigenvalue weighted by Gasteiger charge is 2.16. The lowest BCUT2D eigenvalue weighted by Gasteiger charge is -2.14. The Balaban J connectivity index is 2.14. The van der Waals surface area contributed by atoms with E-state index in [-0.39, 0.29) is 17.6 Å². The van der Waals surface area contributed by atoms with Gasteiger partial charge in [0.2, 0.25) is 5.91 Å². The van der Waals surface area contributed by atoms with E-state index in [1.807, 2.05) is 31.2 Å². The molecule has 1 unspecified atom stereocenters. The van der Waals surface area contributed by atoms with Gasteiger partial charge in [0.15, 0.2) is 11.5 Å². The zero-order chi connectivity index (χ0) is 21.4. The number of nitrogens with zero attached hydrogens (tertiary/aromatic N) is 2. The van der Waals surface area contributed by atoms with Crippen LogP contribution in [0.25, 0.3) is 0 Å². The van der Waals surface area contributed by atoms with Gasteiger partial charge < -0.3 is 27.0 Å². The van der Waals surface area contributed by atoms with Crippen LogP contribution in [0.3, 0.4) is 0 Å². The number of aromatic nitrogens is 2. The van der Waals surface area contributed by atoms with Crippen molar-refractivity contribution in [1.82, 2.24) is 20.6 Å². The molecular formula is C20H29N7O2. The maximum absolute atomic E-state index is 11.8. The number of primary amides is 1. The van der Waals surface area contributed by atoms with Crippen molar-refractivity contribution in [1.29, 1.82) is 0 Å². The molecule has 2 rings (SSSR count). The van der Waals surface area contributed by atoms with Crippen LogP contribution in [0.15, 0.2) is 24.3 Å². The molecule has 0 bridgehead atoms. The highest BCUT2D eigenvalue weighted by Crippen LogP contribution is 2.22. The van der Waals surface area contributed by atoms with Crippen molar-refractivity contribution in [3.63, 3.8) is 0 Å². The van der Waals surface area contributed by atoms with E-state index < -0.39 is 5.91 Å². The van der Waals surface area contributed by atoms with Gasteiger partial charge in [-0.3, -0.25) is 9.59 Å². The normalized spacial score (nSPS) is 11.6. The third-order valence-corrected chi connectivity index (χ3v) is 4.38. The van der Waals surface area contributed by atoms with Crippen LogP contribution in [-0.2, 0) is 11.2 Å². The van der Waals surface area contributed by atoms with E-state index in [1.54, 1.807) is 20.9 Å². The minimum Gasteiger partial charge on any atom is -0.369 e. The van der Waals surface area contributed by atoms with Crippen molar-refractivity contribution in [2.75, 3.05) is 30.8 Å². The Labute approximate surface area is 170 Å². The summed E-state index contributed by atoms with van der Waals surface area (Å²) in [6.45, 7) is 6.73. The molecule has 0 saturated heterocycles. The summed E-state index contributed by atoms with van der Waals surface area (Å²) in [6, 6.07) is 7.43. The molecule has 0 spiro atoms. The molecule has 0 aliphatic heterocycles. The Bertz CT molecular complexity index is 870. The summed E-state index contributed by atoms with van der Waals surface area (Å²) in [4.78, 5) is 32.4. The fourth-order valence-electron chi connectivity index (χ4n) is 2.67. The molecule has 29 heavy (non-hydrogen) atoms. The number of hydrogen-bond acceptors (Lipinski definition) is 7. The van der Waals surface area contributed by atoms with Crippen LogP contribution in [-0.4, -0.2) is 48.0 Å². The van der Waals surface area contributed by atoms with Gasteiger partial charge in [0.25, 0.3) is 5.91 Å². The maximum Gasteiger partial charge on any atom is 0.271 e. The SMILES string of the molecule is CCNc1nc(Nc2cccc(CCNC(=O)C(C)NC)c2)c(C(N)=O)nc1C. The Hall–Kier alpha value is -3.20. The molecule has 0 fully saturated rings. The lowest BCUT2D eigenvalue weighted by molar-refractivity contribution is -0.122. The number of rotatable bonds is 10. The lowest BCUT2D eigenvalue weighted by Crippen LogP contribution is -2.41. The number of likely N-dealkylation sites (N-methyl/N-ethyl adjacent to an activating group) is 1. The largest absolute Gasteiger partial charge is 0.369 e. The van der Waals surface area contributed by atoms with Gasteiger partial charge in [0.1, 0.15) is 5.82 Å². The van der Waals surface area contributed by atoms with Crippen LogP contribution in [0.5, 0.6) is 0 Å². The first-order valence-electron chi connectivity index (χ1n) is 9.59. The molecule has 1 aromatic carbocycles. The molecule has 1 aromatic heterocycles. The smallest absolute Gasteiger partial charge is 0.271 e. The Morgan fingerprint density at radius 3 is 2.62 bits per heavy atom. The van der Waals surface area contributed by atoms with Crippen molar-refractivity contribution in [3.8, 4) is 0 Å². The first kappa shape index (κ1) is 22.1. The standard InChI is InChI=1S/C20H29N7O2/c1-5-23-18-12(2)25-16(17(21)28)19(27-18)26-15-8-6-7-14(11-15)9-10-24-20(29)13(3)22-4/h6-8,11,13,22H,5,9-10H2,1-4H3,(H2,21,28)(H,24,29)(H2,23,26,27). The molecule has 9 heteroatoms. The van der Waals surface area contributed by atoms with Crippen LogP contribution < -0.4 is 27.0 Å². The van der Waals surface area contributed by atoms with E-state index in [2.05, 4.69) is 31.2 Å². The van der Waals surface area contributed by atoms with Gasteiger partial charge in [-0.1, -0.05) is 12.1 Å². The number of carbonyl (C=O) groups is 2. The number of carbonyl (C=O) groups excluding carboxylic acids is 2. The minimum atomic E-state index is -0.649. The minimum absolute atomic E-state index is 0.0428. The van der Waals surface area contributed by atoms with E-state index >= 15 is 0 Å². The number of aryl methyl sites for hydroxylation is 1. The first-order chi connectivity index (χ1) is 13.8. The first-order valence-corrected chi connectivity index (χ1v) is 9.59. The zero-order valence-corrected chi connectivity index (χ0v) is 17.3. The fourth-order valence-corrected chi connectivity index (χ4v) is 2.67. The van der Waals surface area contributed by atoms with Gasteiger partial charge in [0.05, 0.1) is 11.7 Å². The van der Waals surface area contributed by atoms with Crippen molar-refractivity contribution in [3.05, 3.63) is 41.2 Å². The summed E-state index contributed by atoms with van der Waals surface area (Å²) in [7, 11) is 1.75. The molecule has 2 aromatic rings. The highest BCUT2D eigenvalue weighted by molar-refractivity contribution is 5.96. The number of nitrogens with one attached hydrogen (secondary N) is 4. The number of anilines is 3. The lowest BCUT2D eigenvalue weighted by atomic mass is 10.1. The molecule has 2 amide bonds. The van der Waals surface area contributed by atoms with E-state index in [1.165, 1.54) is 0 Å². The number of benzene rings is 1.